The van der Waals surface area contributed by atoms with Crippen LogP contribution in [0.2, 0.25) is 0 Å². The number of pyridine rings is 1. The van der Waals surface area contributed by atoms with Crippen molar-refractivity contribution in [3.8, 4) is 11.8 Å². The normalized spacial score (nSPS) is 9.16. The maximum Gasteiger partial charge on any atom is 0.252 e. The molecule has 1 aromatic heterocycles. The minimum Gasteiger partial charge on any atom is -0.355 e. The van der Waals surface area contributed by atoms with Crippen LogP contribution in [0.25, 0.3) is 0 Å². The minimum absolute atomic E-state index is 0.132. The number of hydrogen-bond acceptors (Lipinski definition) is 4. The lowest BCUT2D eigenvalue weighted by Gasteiger charge is -2.06. The third-order valence-corrected chi connectivity index (χ3v) is 2.18. The Kier molecular flexibility index (Phi) is 6.06. The van der Waals surface area contributed by atoms with E-state index in [1.165, 1.54) is 19.3 Å². The van der Waals surface area contributed by atoms with Gasteiger partial charge in [0.25, 0.3) is 5.91 Å². The summed E-state index contributed by atoms with van der Waals surface area (Å²) in [6.07, 6.45) is 3.04. The zero-order valence-electron chi connectivity index (χ0n) is 10.7. The first-order valence-corrected chi connectivity index (χ1v) is 5.80. The highest BCUT2D eigenvalue weighted by molar-refractivity contribution is 5.96. The van der Waals surface area contributed by atoms with Crippen molar-refractivity contribution in [1.29, 1.82) is 0 Å². The molecule has 0 unspecified atom stereocenters. The molecule has 0 aliphatic rings. The van der Waals surface area contributed by atoms with Crippen molar-refractivity contribution < 1.29 is 9.59 Å². The number of carbonyl (C=O) groups excluding carboxylic acids is 2. The van der Waals surface area contributed by atoms with Gasteiger partial charge < -0.3 is 16.4 Å². The summed E-state index contributed by atoms with van der Waals surface area (Å²) >= 11 is 0. The smallest absolute Gasteiger partial charge is 0.252 e. The lowest BCUT2D eigenvalue weighted by atomic mass is 10.1. The first kappa shape index (κ1) is 14.7. The molecule has 0 spiro atoms. The second kappa shape index (κ2) is 7.84. The van der Waals surface area contributed by atoms with Crippen molar-refractivity contribution in [1.82, 2.24) is 15.6 Å². The second-order valence-electron chi connectivity index (χ2n) is 3.67. The molecule has 4 N–H and O–H groups in total. The number of hydrogen-bond donors (Lipinski definition) is 3. The molecule has 0 bridgehead atoms. The third-order valence-electron chi connectivity index (χ3n) is 2.18. The monoisotopic (exact) mass is 260 g/mol. The van der Waals surface area contributed by atoms with Gasteiger partial charge in [0.15, 0.2) is 0 Å². The highest BCUT2D eigenvalue weighted by atomic mass is 16.2. The lowest BCUT2D eigenvalue weighted by molar-refractivity contribution is -0.118. The fraction of sp³-hybridized carbons (Fsp3) is 0.308. The molecular weight excluding hydrogens is 244 g/mol. The van der Waals surface area contributed by atoms with E-state index in [1.54, 1.807) is 6.07 Å². The van der Waals surface area contributed by atoms with Crippen molar-refractivity contribution in [2.24, 2.45) is 5.73 Å². The van der Waals surface area contributed by atoms with Gasteiger partial charge in [0, 0.05) is 32.4 Å². The average Bonchev–Trinajstić information content (AvgIpc) is 2.41. The summed E-state index contributed by atoms with van der Waals surface area (Å²) in [4.78, 5) is 26.5. The van der Waals surface area contributed by atoms with Gasteiger partial charge in [-0.05, 0) is 6.07 Å². The predicted octanol–water partition coefficient (Wildman–Crippen LogP) is -0.742. The molecule has 6 nitrogen and oxygen atoms in total. The van der Waals surface area contributed by atoms with E-state index in [9.17, 15) is 9.59 Å². The molecule has 0 atom stereocenters. The van der Waals surface area contributed by atoms with Crippen LogP contribution in [0.4, 0.5) is 0 Å². The van der Waals surface area contributed by atoms with Crippen LogP contribution in [-0.2, 0) is 4.79 Å². The van der Waals surface area contributed by atoms with E-state index in [4.69, 9.17) is 5.73 Å². The standard InChI is InChI=1S/C13H16N4O2/c1-10(18)16-7-8-17-13(19)12-4-6-15-9-11(12)3-2-5-14/h4,6,9H,5,7-8,14H2,1H3,(H,16,18)(H,17,19). The molecule has 0 fully saturated rings. The van der Waals surface area contributed by atoms with Gasteiger partial charge in [-0.1, -0.05) is 11.8 Å². The topological polar surface area (TPSA) is 97.1 Å². The summed E-state index contributed by atoms with van der Waals surface area (Å²) in [6.45, 7) is 2.38. The van der Waals surface area contributed by atoms with Crippen LogP contribution in [0, 0.1) is 11.8 Å². The first-order valence-electron chi connectivity index (χ1n) is 5.80. The van der Waals surface area contributed by atoms with E-state index in [0.717, 1.165) is 0 Å². The van der Waals surface area contributed by atoms with Gasteiger partial charge in [0.2, 0.25) is 5.91 Å². The Morgan fingerprint density at radius 1 is 1.37 bits per heavy atom. The van der Waals surface area contributed by atoms with Crippen LogP contribution in [0.5, 0.6) is 0 Å². The molecule has 1 heterocycles. The minimum atomic E-state index is -0.255. The molecule has 0 saturated carbocycles. The maximum absolute atomic E-state index is 11.9. The molecule has 0 aliphatic heterocycles. The van der Waals surface area contributed by atoms with E-state index in [1.807, 2.05) is 0 Å². The molecule has 0 saturated heterocycles. The van der Waals surface area contributed by atoms with Gasteiger partial charge in [-0.2, -0.15) is 0 Å². The summed E-state index contributed by atoms with van der Waals surface area (Å²) in [7, 11) is 0. The van der Waals surface area contributed by atoms with E-state index in [-0.39, 0.29) is 18.4 Å². The van der Waals surface area contributed by atoms with Crippen molar-refractivity contribution in [3.63, 3.8) is 0 Å². The third kappa shape index (κ3) is 5.19. The predicted molar refractivity (Wildman–Crippen MR) is 71.2 cm³/mol. The summed E-state index contributed by atoms with van der Waals surface area (Å²) < 4.78 is 0. The van der Waals surface area contributed by atoms with Crippen LogP contribution in [0.1, 0.15) is 22.8 Å². The van der Waals surface area contributed by atoms with Crippen molar-refractivity contribution >= 4 is 11.8 Å². The van der Waals surface area contributed by atoms with E-state index < -0.39 is 0 Å². The van der Waals surface area contributed by atoms with Crippen LogP contribution in [0.15, 0.2) is 18.5 Å². The first-order chi connectivity index (χ1) is 9.15. The van der Waals surface area contributed by atoms with Gasteiger partial charge in [-0.3, -0.25) is 14.6 Å². The second-order valence-corrected chi connectivity index (χ2v) is 3.67. The zero-order chi connectivity index (χ0) is 14.1. The molecule has 1 aromatic rings. The van der Waals surface area contributed by atoms with Gasteiger partial charge in [0.1, 0.15) is 0 Å². The molecule has 0 aromatic carbocycles. The Hall–Kier alpha value is -2.39. The number of amides is 2. The number of carbonyl (C=O) groups is 2. The van der Waals surface area contributed by atoms with Crippen molar-refractivity contribution in [2.45, 2.75) is 6.92 Å². The number of rotatable bonds is 4. The van der Waals surface area contributed by atoms with E-state index in [0.29, 0.717) is 24.2 Å². The molecule has 19 heavy (non-hydrogen) atoms. The SMILES string of the molecule is CC(=O)NCCNC(=O)c1ccncc1C#CCN. The number of nitrogens with one attached hydrogen (secondary N) is 2. The van der Waals surface area contributed by atoms with Gasteiger partial charge in [-0.15, -0.1) is 0 Å². The van der Waals surface area contributed by atoms with Crippen LogP contribution in [0.3, 0.4) is 0 Å². The molecule has 0 radical (unpaired) electrons. The van der Waals surface area contributed by atoms with Crippen LogP contribution >= 0.6 is 0 Å². The number of aromatic nitrogens is 1. The quantitative estimate of drug-likeness (QED) is 0.490. The molecule has 1 rings (SSSR count). The number of nitrogens with two attached hydrogens (primary N) is 1. The summed E-state index contributed by atoms with van der Waals surface area (Å²) in [5, 5.41) is 5.28. The average molecular weight is 260 g/mol. The fourth-order valence-corrected chi connectivity index (χ4v) is 1.35. The van der Waals surface area contributed by atoms with E-state index in [2.05, 4.69) is 27.5 Å². The summed E-state index contributed by atoms with van der Waals surface area (Å²) in [5.41, 5.74) is 6.27. The van der Waals surface area contributed by atoms with Gasteiger partial charge in [-0.25, -0.2) is 0 Å². The van der Waals surface area contributed by atoms with Crippen molar-refractivity contribution in [2.75, 3.05) is 19.6 Å². The molecule has 2 amide bonds. The highest BCUT2D eigenvalue weighted by Crippen LogP contribution is 2.04. The van der Waals surface area contributed by atoms with Gasteiger partial charge >= 0.3 is 0 Å². The lowest BCUT2D eigenvalue weighted by Crippen LogP contribution is -2.33. The summed E-state index contributed by atoms with van der Waals surface area (Å²) in [6, 6.07) is 1.59. The Morgan fingerprint density at radius 3 is 2.79 bits per heavy atom. The molecule has 100 valence electrons. The molecule has 0 aliphatic carbocycles. The fourth-order valence-electron chi connectivity index (χ4n) is 1.35. The van der Waals surface area contributed by atoms with Gasteiger partial charge in [0.05, 0.1) is 17.7 Å². The van der Waals surface area contributed by atoms with E-state index >= 15 is 0 Å². The highest BCUT2D eigenvalue weighted by Gasteiger charge is 2.09. The zero-order valence-corrected chi connectivity index (χ0v) is 10.7. The Morgan fingerprint density at radius 2 is 2.11 bits per heavy atom. The Labute approximate surface area is 111 Å². The Balaban J connectivity index is 2.63. The van der Waals surface area contributed by atoms with Crippen LogP contribution < -0.4 is 16.4 Å². The van der Waals surface area contributed by atoms with Crippen molar-refractivity contribution in [3.05, 3.63) is 29.6 Å². The van der Waals surface area contributed by atoms with Crippen LogP contribution in [-0.4, -0.2) is 36.4 Å². The largest absolute Gasteiger partial charge is 0.355 e. The summed E-state index contributed by atoms with van der Waals surface area (Å²) in [5.74, 6) is 5.09. The Bertz CT molecular complexity index is 517. The molecule has 6 heteroatoms. The number of nitrogens with zero attached hydrogens (tertiary/aromatic N) is 1. The molecular formula is C13H16N4O2. The maximum atomic E-state index is 11.9.